The molecule has 0 saturated carbocycles. The Kier molecular flexibility index (Phi) is 9.46. The monoisotopic (exact) mass is 218 g/mol. The van der Waals surface area contributed by atoms with Gasteiger partial charge in [0.1, 0.15) is 0 Å². The van der Waals surface area contributed by atoms with E-state index >= 15 is 0 Å². The molecule has 0 aliphatic carbocycles. The standard InChI is InChI=1S/C10H22N2O3/c1-14-7-3-4-10(13)12-6-5-9(11)8-15-2/h9H,3-8,11H2,1-2H3,(H,12,13). The van der Waals surface area contributed by atoms with Crippen LogP contribution in [0.25, 0.3) is 0 Å². The second-order valence-corrected chi connectivity index (χ2v) is 3.45. The van der Waals surface area contributed by atoms with Crippen molar-refractivity contribution in [2.45, 2.75) is 25.3 Å². The van der Waals surface area contributed by atoms with E-state index in [4.69, 9.17) is 15.2 Å². The maximum atomic E-state index is 11.2. The number of amides is 1. The van der Waals surface area contributed by atoms with Crippen LogP contribution in [0.15, 0.2) is 0 Å². The van der Waals surface area contributed by atoms with Gasteiger partial charge in [0.25, 0.3) is 0 Å². The van der Waals surface area contributed by atoms with Crippen molar-refractivity contribution in [1.82, 2.24) is 5.32 Å². The minimum atomic E-state index is -0.00530. The van der Waals surface area contributed by atoms with Gasteiger partial charge in [0.05, 0.1) is 6.61 Å². The van der Waals surface area contributed by atoms with Crippen LogP contribution in [0, 0.1) is 0 Å². The quantitative estimate of drug-likeness (QED) is 0.530. The van der Waals surface area contributed by atoms with Crippen LogP contribution in [0.4, 0.5) is 0 Å². The van der Waals surface area contributed by atoms with Crippen LogP contribution in [-0.2, 0) is 14.3 Å². The third kappa shape index (κ3) is 9.65. The molecule has 3 N–H and O–H groups in total. The van der Waals surface area contributed by atoms with E-state index in [9.17, 15) is 4.79 Å². The van der Waals surface area contributed by atoms with Gasteiger partial charge in [-0.25, -0.2) is 0 Å². The number of nitrogens with one attached hydrogen (secondary N) is 1. The summed E-state index contributed by atoms with van der Waals surface area (Å²) >= 11 is 0. The average Bonchev–Trinajstić information content (AvgIpc) is 2.18. The summed E-state index contributed by atoms with van der Waals surface area (Å²) in [5.74, 6) is 0.0525. The van der Waals surface area contributed by atoms with Gasteiger partial charge in [-0.15, -0.1) is 0 Å². The van der Waals surface area contributed by atoms with Crippen molar-refractivity contribution in [3.05, 3.63) is 0 Å². The van der Waals surface area contributed by atoms with Crippen molar-refractivity contribution >= 4 is 5.91 Å². The molecule has 0 rings (SSSR count). The molecule has 0 radical (unpaired) electrons. The zero-order valence-electron chi connectivity index (χ0n) is 9.62. The Balaban J connectivity index is 3.30. The van der Waals surface area contributed by atoms with Crippen molar-refractivity contribution < 1.29 is 14.3 Å². The van der Waals surface area contributed by atoms with Gasteiger partial charge in [-0.1, -0.05) is 0 Å². The highest BCUT2D eigenvalue weighted by molar-refractivity contribution is 5.75. The van der Waals surface area contributed by atoms with E-state index in [1.54, 1.807) is 14.2 Å². The number of ether oxygens (including phenoxy) is 2. The lowest BCUT2D eigenvalue weighted by atomic mass is 10.2. The summed E-state index contributed by atoms with van der Waals surface area (Å²) in [6.45, 7) is 1.76. The van der Waals surface area contributed by atoms with Gasteiger partial charge in [0.15, 0.2) is 0 Å². The van der Waals surface area contributed by atoms with Crippen LogP contribution in [0.3, 0.4) is 0 Å². The van der Waals surface area contributed by atoms with Gasteiger partial charge < -0.3 is 20.5 Å². The van der Waals surface area contributed by atoms with E-state index in [1.807, 2.05) is 0 Å². The number of carbonyl (C=O) groups excluding carboxylic acids is 1. The smallest absolute Gasteiger partial charge is 0.220 e. The second kappa shape index (κ2) is 9.89. The van der Waals surface area contributed by atoms with Crippen LogP contribution in [0.5, 0.6) is 0 Å². The molecule has 5 heteroatoms. The number of rotatable bonds is 9. The second-order valence-electron chi connectivity index (χ2n) is 3.45. The third-order valence-electron chi connectivity index (χ3n) is 1.97. The average molecular weight is 218 g/mol. The number of nitrogens with two attached hydrogens (primary N) is 1. The summed E-state index contributed by atoms with van der Waals surface area (Å²) in [6, 6.07) is -0.00530. The predicted octanol–water partition coefficient (Wildman–Crippen LogP) is -0.107. The van der Waals surface area contributed by atoms with Crippen LogP contribution >= 0.6 is 0 Å². The highest BCUT2D eigenvalue weighted by Gasteiger charge is 2.03. The minimum Gasteiger partial charge on any atom is -0.385 e. The first-order valence-corrected chi connectivity index (χ1v) is 5.20. The third-order valence-corrected chi connectivity index (χ3v) is 1.97. The molecule has 90 valence electrons. The molecule has 0 aromatic heterocycles. The summed E-state index contributed by atoms with van der Waals surface area (Å²) in [7, 11) is 3.24. The number of carbonyl (C=O) groups is 1. The molecule has 5 nitrogen and oxygen atoms in total. The van der Waals surface area contributed by atoms with Crippen molar-refractivity contribution in [3.63, 3.8) is 0 Å². The van der Waals surface area contributed by atoms with Crippen LogP contribution in [0.2, 0.25) is 0 Å². The Morgan fingerprint density at radius 1 is 1.40 bits per heavy atom. The largest absolute Gasteiger partial charge is 0.385 e. The molecule has 0 aromatic rings. The molecule has 15 heavy (non-hydrogen) atoms. The van der Waals surface area contributed by atoms with E-state index in [0.29, 0.717) is 26.2 Å². The van der Waals surface area contributed by atoms with Gasteiger partial charge >= 0.3 is 0 Å². The molecule has 0 aromatic carbocycles. The first kappa shape index (κ1) is 14.3. The lowest BCUT2D eigenvalue weighted by Gasteiger charge is -2.10. The Hall–Kier alpha value is -0.650. The number of hydrogen-bond acceptors (Lipinski definition) is 4. The molecule has 0 aliphatic rings. The SMILES string of the molecule is COCCCC(=O)NCCC(N)COC. The van der Waals surface area contributed by atoms with Crippen LogP contribution < -0.4 is 11.1 Å². The highest BCUT2D eigenvalue weighted by Crippen LogP contribution is 1.91. The summed E-state index contributed by atoms with van der Waals surface area (Å²) in [5.41, 5.74) is 5.70. The Morgan fingerprint density at radius 2 is 2.13 bits per heavy atom. The summed E-state index contributed by atoms with van der Waals surface area (Å²) in [5, 5.41) is 2.80. The van der Waals surface area contributed by atoms with Crippen molar-refractivity contribution in [3.8, 4) is 0 Å². The van der Waals surface area contributed by atoms with Gasteiger partial charge in [-0.05, 0) is 12.8 Å². The Morgan fingerprint density at radius 3 is 2.73 bits per heavy atom. The van der Waals surface area contributed by atoms with Crippen LogP contribution in [-0.4, -0.2) is 45.9 Å². The molecule has 1 unspecified atom stereocenters. The fourth-order valence-electron chi connectivity index (χ4n) is 1.16. The molecule has 1 atom stereocenters. The predicted molar refractivity (Wildman–Crippen MR) is 58.6 cm³/mol. The van der Waals surface area contributed by atoms with Crippen molar-refractivity contribution in [1.29, 1.82) is 0 Å². The molecule has 0 heterocycles. The maximum absolute atomic E-state index is 11.2. The van der Waals surface area contributed by atoms with Crippen molar-refractivity contribution in [2.75, 3.05) is 34.0 Å². The topological polar surface area (TPSA) is 73.6 Å². The lowest BCUT2D eigenvalue weighted by molar-refractivity contribution is -0.121. The summed E-state index contributed by atoms with van der Waals surface area (Å²) in [4.78, 5) is 11.2. The zero-order valence-corrected chi connectivity index (χ0v) is 9.62. The van der Waals surface area contributed by atoms with Gasteiger partial charge in [-0.3, -0.25) is 4.79 Å². The van der Waals surface area contributed by atoms with E-state index in [2.05, 4.69) is 5.32 Å². The minimum absolute atomic E-state index is 0.00530. The van der Waals surface area contributed by atoms with E-state index in [1.165, 1.54) is 0 Å². The maximum Gasteiger partial charge on any atom is 0.220 e. The molecule has 0 fully saturated rings. The van der Waals surface area contributed by atoms with Gasteiger partial charge in [0, 0.05) is 39.8 Å². The number of hydrogen-bond donors (Lipinski definition) is 2. The van der Waals surface area contributed by atoms with Gasteiger partial charge in [0.2, 0.25) is 5.91 Å². The molecule has 0 spiro atoms. The molecule has 1 amide bonds. The Bertz CT molecular complexity index is 165. The first-order chi connectivity index (χ1) is 7.20. The highest BCUT2D eigenvalue weighted by atomic mass is 16.5. The zero-order chi connectivity index (χ0) is 11.5. The van der Waals surface area contributed by atoms with Gasteiger partial charge in [-0.2, -0.15) is 0 Å². The van der Waals surface area contributed by atoms with E-state index < -0.39 is 0 Å². The fourth-order valence-corrected chi connectivity index (χ4v) is 1.16. The fraction of sp³-hybridized carbons (Fsp3) is 0.900. The molecule has 0 aliphatic heterocycles. The molecule has 0 saturated heterocycles. The summed E-state index contributed by atoms with van der Waals surface area (Å²) in [6.07, 6.45) is 2.00. The van der Waals surface area contributed by atoms with E-state index in [0.717, 1.165) is 12.8 Å². The normalized spacial score (nSPS) is 12.5. The molecular formula is C10H22N2O3. The molecular weight excluding hydrogens is 196 g/mol. The molecule has 0 bridgehead atoms. The van der Waals surface area contributed by atoms with E-state index in [-0.39, 0.29) is 11.9 Å². The van der Waals surface area contributed by atoms with Crippen molar-refractivity contribution in [2.24, 2.45) is 5.73 Å². The summed E-state index contributed by atoms with van der Waals surface area (Å²) < 4.78 is 9.74. The lowest BCUT2D eigenvalue weighted by Crippen LogP contribution is -2.32. The van der Waals surface area contributed by atoms with Crippen LogP contribution in [0.1, 0.15) is 19.3 Å². The number of methoxy groups -OCH3 is 2. The first-order valence-electron chi connectivity index (χ1n) is 5.20. The Labute approximate surface area is 91.3 Å².